The molecular formula is C64H44N2. The summed E-state index contributed by atoms with van der Waals surface area (Å²) >= 11 is 0. The van der Waals surface area contributed by atoms with Gasteiger partial charge in [-0.25, -0.2) is 0 Å². The van der Waals surface area contributed by atoms with E-state index in [0.29, 0.717) is 0 Å². The fourth-order valence-electron chi connectivity index (χ4n) is 9.95. The predicted octanol–water partition coefficient (Wildman–Crippen LogP) is 17.7. The van der Waals surface area contributed by atoms with E-state index in [-0.39, 0.29) is 0 Å². The SMILES string of the molecule is c1ccc(-c2ccccc2-c2c(-c3ccccc3)cccc2N(c2ccc(-c3cccc4c5ccccc5n(-c5ccccc5)c34)cc2)c2cccc(-c3ccc4ccccc4c3)c2)cc1. The summed E-state index contributed by atoms with van der Waals surface area (Å²) in [6, 6.07) is 97.0. The van der Waals surface area contributed by atoms with Gasteiger partial charge in [0.25, 0.3) is 0 Å². The van der Waals surface area contributed by atoms with Crippen molar-refractivity contribution in [3.8, 4) is 61.3 Å². The molecule has 1 heterocycles. The molecule has 0 spiro atoms. The highest BCUT2D eigenvalue weighted by Crippen LogP contribution is 2.49. The summed E-state index contributed by atoms with van der Waals surface area (Å²) in [5.41, 5.74) is 18.5. The van der Waals surface area contributed by atoms with Crippen molar-refractivity contribution in [1.82, 2.24) is 4.57 Å². The first-order valence-corrected chi connectivity index (χ1v) is 22.7. The topological polar surface area (TPSA) is 8.17 Å². The number of fused-ring (bicyclic) bond motifs is 4. The fourth-order valence-corrected chi connectivity index (χ4v) is 9.95. The molecule has 66 heavy (non-hydrogen) atoms. The summed E-state index contributed by atoms with van der Waals surface area (Å²) in [5.74, 6) is 0. The van der Waals surface area contributed by atoms with Crippen LogP contribution in [0.3, 0.4) is 0 Å². The van der Waals surface area contributed by atoms with Gasteiger partial charge in [-0.05, 0) is 110 Å². The molecule has 12 rings (SSSR count). The van der Waals surface area contributed by atoms with Crippen LogP contribution in [-0.4, -0.2) is 4.57 Å². The molecule has 11 aromatic carbocycles. The Morgan fingerprint density at radius 2 is 0.818 bits per heavy atom. The van der Waals surface area contributed by atoms with Crippen molar-refractivity contribution >= 4 is 49.6 Å². The van der Waals surface area contributed by atoms with Crippen molar-refractivity contribution in [3.05, 3.63) is 267 Å². The van der Waals surface area contributed by atoms with Crippen LogP contribution in [0.2, 0.25) is 0 Å². The molecule has 0 aliphatic rings. The third kappa shape index (κ3) is 6.93. The Hall–Kier alpha value is -8.72. The second-order valence-electron chi connectivity index (χ2n) is 16.9. The van der Waals surface area contributed by atoms with Crippen molar-refractivity contribution in [2.45, 2.75) is 0 Å². The zero-order valence-electron chi connectivity index (χ0n) is 36.3. The summed E-state index contributed by atoms with van der Waals surface area (Å²) in [6.45, 7) is 0. The van der Waals surface area contributed by atoms with E-state index in [9.17, 15) is 0 Å². The van der Waals surface area contributed by atoms with E-state index < -0.39 is 0 Å². The average Bonchev–Trinajstić information content (AvgIpc) is 3.74. The molecule has 0 bridgehead atoms. The monoisotopic (exact) mass is 840 g/mol. The molecule has 12 aromatic rings. The number of rotatable bonds is 9. The number of hydrogen-bond donors (Lipinski definition) is 0. The molecule has 0 aliphatic heterocycles. The Balaban J connectivity index is 1.09. The number of hydrogen-bond acceptors (Lipinski definition) is 1. The summed E-state index contributed by atoms with van der Waals surface area (Å²) in [5, 5.41) is 4.94. The normalized spacial score (nSPS) is 11.3. The lowest BCUT2D eigenvalue weighted by Crippen LogP contribution is -2.12. The molecule has 0 unspecified atom stereocenters. The Morgan fingerprint density at radius 1 is 0.288 bits per heavy atom. The lowest BCUT2D eigenvalue weighted by molar-refractivity contribution is 1.18. The number of anilines is 3. The molecule has 0 N–H and O–H groups in total. The van der Waals surface area contributed by atoms with E-state index in [1.807, 2.05) is 0 Å². The standard InChI is InChI=1S/C64H44N2/c1-4-20-46(21-5-1)55-29-12-13-31-59(55)63-56(47-22-6-2-7-23-47)32-18-36-62(63)65(54-28-16-25-50(44-54)51-38-37-45-19-10-11-24-49(45)43-51)53-41-39-48(40-42-53)57-33-17-34-60-58-30-14-15-35-61(58)66(64(57)60)52-26-8-3-9-27-52/h1-44H. The first-order chi connectivity index (χ1) is 32.8. The number of para-hydroxylation sites is 3. The van der Waals surface area contributed by atoms with Gasteiger partial charge in [-0.1, -0.05) is 212 Å². The van der Waals surface area contributed by atoms with E-state index in [1.54, 1.807) is 0 Å². The van der Waals surface area contributed by atoms with E-state index in [2.05, 4.69) is 276 Å². The van der Waals surface area contributed by atoms with Crippen molar-refractivity contribution < 1.29 is 0 Å². The largest absolute Gasteiger partial charge is 0.310 e. The molecule has 0 amide bonds. The van der Waals surface area contributed by atoms with Crippen LogP contribution in [-0.2, 0) is 0 Å². The zero-order valence-corrected chi connectivity index (χ0v) is 36.3. The van der Waals surface area contributed by atoms with Crippen molar-refractivity contribution in [1.29, 1.82) is 0 Å². The summed E-state index contributed by atoms with van der Waals surface area (Å²) in [6.07, 6.45) is 0. The van der Waals surface area contributed by atoms with Crippen LogP contribution >= 0.6 is 0 Å². The van der Waals surface area contributed by atoms with Crippen LogP contribution in [0, 0.1) is 0 Å². The van der Waals surface area contributed by atoms with Crippen LogP contribution in [0.4, 0.5) is 17.1 Å². The summed E-state index contributed by atoms with van der Waals surface area (Å²) in [4.78, 5) is 2.46. The van der Waals surface area contributed by atoms with E-state index in [0.717, 1.165) is 33.9 Å². The highest BCUT2D eigenvalue weighted by molar-refractivity contribution is 6.14. The van der Waals surface area contributed by atoms with Crippen LogP contribution in [0.15, 0.2) is 267 Å². The van der Waals surface area contributed by atoms with E-state index in [1.165, 1.54) is 77.1 Å². The summed E-state index contributed by atoms with van der Waals surface area (Å²) < 4.78 is 2.42. The van der Waals surface area contributed by atoms with Gasteiger partial charge in [0, 0.05) is 39.0 Å². The molecule has 2 nitrogen and oxygen atoms in total. The second kappa shape index (κ2) is 16.8. The minimum absolute atomic E-state index is 1.06. The smallest absolute Gasteiger partial charge is 0.0619 e. The maximum atomic E-state index is 2.46. The maximum Gasteiger partial charge on any atom is 0.0619 e. The zero-order chi connectivity index (χ0) is 43.8. The maximum absolute atomic E-state index is 2.46. The lowest BCUT2D eigenvalue weighted by Gasteiger charge is -2.30. The molecule has 2 heteroatoms. The molecular weight excluding hydrogens is 797 g/mol. The molecule has 0 aliphatic carbocycles. The van der Waals surface area contributed by atoms with Crippen LogP contribution < -0.4 is 4.90 Å². The Morgan fingerprint density at radius 3 is 1.61 bits per heavy atom. The minimum atomic E-state index is 1.06. The quantitative estimate of drug-likeness (QED) is 0.141. The van der Waals surface area contributed by atoms with Gasteiger partial charge in [0.2, 0.25) is 0 Å². The molecule has 0 saturated heterocycles. The van der Waals surface area contributed by atoms with Crippen LogP contribution in [0.5, 0.6) is 0 Å². The molecule has 310 valence electrons. The first-order valence-electron chi connectivity index (χ1n) is 22.7. The third-order valence-electron chi connectivity index (χ3n) is 13.0. The highest BCUT2D eigenvalue weighted by atomic mass is 15.1. The van der Waals surface area contributed by atoms with Gasteiger partial charge in [0.05, 0.1) is 16.7 Å². The molecule has 0 atom stereocenters. The van der Waals surface area contributed by atoms with E-state index >= 15 is 0 Å². The Kier molecular flexibility index (Phi) is 9.89. The molecule has 1 aromatic heterocycles. The molecule has 0 saturated carbocycles. The number of nitrogens with zero attached hydrogens (tertiary/aromatic N) is 2. The van der Waals surface area contributed by atoms with Crippen molar-refractivity contribution in [2.24, 2.45) is 0 Å². The van der Waals surface area contributed by atoms with Gasteiger partial charge in [0.1, 0.15) is 0 Å². The Labute approximate surface area is 385 Å². The average molecular weight is 841 g/mol. The van der Waals surface area contributed by atoms with Gasteiger partial charge >= 0.3 is 0 Å². The van der Waals surface area contributed by atoms with Crippen molar-refractivity contribution in [2.75, 3.05) is 4.90 Å². The van der Waals surface area contributed by atoms with Crippen molar-refractivity contribution in [3.63, 3.8) is 0 Å². The molecule has 0 fully saturated rings. The highest BCUT2D eigenvalue weighted by Gasteiger charge is 2.24. The minimum Gasteiger partial charge on any atom is -0.310 e. The van der Waals surface area contributed by atoms with Gasteiger partial charge < -0.3 is 9.47 Å². The van der Waals surface area contributed by atoms with Crippen LogP contribution in [0.25, 0.3) is 93.9 Å². The van der Waals surface area contributed by atoms with Gasteiger partial charge in [0.15, 0.2) is 0 Å². The van der Waals surface area contributed by atoms with Gasteiger partial charge in [-0.15, -0.1) is 0 Å². The number of aromatic nitrogens is 1. The molecule has 0 radical (unpaired) electrons. The lowest BCUT2D eigenvalue weighted by atomic mass is 9.87. The first kappa shape index (κ1) is 38.9. The predicted molar refractivity (Wildman–Crippen MR) is 280 cm³/mol. The van der Waals surface area contributed by atoms with Gasteiger partial charge in [-0.3, -0.25) is 0 Å². The second-order valence-corrected chi connectivity index (χ2v) is 16.9. The number of benzene rings is 11. The van der Waals surface area contributed by atoms with E-state index in [4.69, 9.17) is 0 Å². The van der Waals surface area contributed by atoms with Crippen LogP contribution in [0.1, 0.15) is 0 Å². The third-order valence-corrected chi connectivity index (χ3v) is 13.0. The van der Waals surface area contributed by atoms with Gasteiger partial charge in [-0.2, -0.15) is 0 Å². The fraction of sp³-hybridized carbons (Fsp3) is 0. The Bertz CT molecular complexity index is 3680. The summed E-state index contributed by atoms with van der Waals surface area (Å²) in [7, 11) is 0.